The molecule has 2 nitrogen and oxygen atoms in total. The van der Waals surface area contributed by atoms with Crippen LogP contribution in [0, 0.1) is 0 Å². The van der Waals surface area contributed by atoms with E-state index in [4.69, 9.17) is 4.42 Å². The van der Waals surface area contributed by atoms with Crippen molar-refractivity contribution in [2.75, 3.05) is 13.1 Å². The molecule has 1 aliphatic carbocycles. The van der Waals surface area contributed by atoms with Gasteiger partial charge in [-0.15, -0.1) is 0 Å². The lowest BCUT2D eigenvalue weighted by Gasteiger charge is -2.19. The molecule has 0 bridgehead atoms. The molecule has 1 aromatic heterocycles. The average molecular weight is 163 g/mol. The van der Waals surface area contributed by atoms with Gasteiger partial charge in [-0.05, 0) is 37.4 Å². The van der Waals surface area contributed by atoms with Gasteiger partial charge in [0.1, 0.15) is 5.76 Å². The second kappa shape index (κ2) is 2.13. The third kappa shape index (κ3) is 0.686. The molecule has 1 saturated heterocycles. The highest BCUT2D eigenvalue weighted by Crippen LogP contribution is 2.43. The minimum absolute atomic E-state index is 0.374. The third-order valence-electron chi connectivity index (χ3n) is 3.35. The molecule has 2 heteroatoms. The summed E-state index contributed by atoms with van der Waals surface area (Å²) in [6.45, 7) is 2.27. The molecule has 1 aliphatic heterocycles. The maximum Gasteiger partial charge on any atom is 0.114 e. The number of rotatable bonds is 0. The van der Waals surface area contributed by atoms with E-state index in [0.717, 1.165) is 13.1 Å². The molecule has 2 heterocycles. The number of aryl methyl sites for hydroxylation is 1. The van der Waals surface area contributed by atoms with Gasteiger partial charge in [0, 0.05) is 12.0 Å². The summed E-state index contributed by atoms with van der Waals surface area (Å²) in [7, 11) is 0. The zero-order valence-electron chi connectivity index (χ0n) is 7.10. The van der Waals surface area contributed by atoms with Gasteiger partial charge in [0.05, 0.1) is 6.26 Å². The number of nitrogens with one attached hydrogen (secondary N) is 1. The monoisotopic (exact) mass is 163 g/mol. The van der Waals surface area contributed by atoms with Crippen molar-refractivity contribution in [3.8, 4) is 0 Å². The lowest BCUT2D eigenvalue weighted by molar-refractivity contribution is 0.364. The van der Waals surface area contributed by atoms with Crippen LogP contribution >= 0.6 is 0 Å². The quantitative estimate of drug-likeness (QED) is 0.626. The second-order valence-corrected chi connectivity index (χ2v) is 3.98. The van der Waals surface area contributed by atoms with Gasteiger partial charge >= 0.3 is 0 Å². The Morgan fingerprint density at radius 1 is 1.42 bits per heavy atom. The highest BCUT2D eigenvalue weighted by atomic mass is 16.3. The van der Waals surface area contributed by atoms with E-state index in [1.807, 2.05) is 6.26 Å². The van der Waals surface area contributed by atoms with Gasteiger partial charge in [-0.1, -0.05) is 0 Å². The van der Waals surface area contributed by atoms with E-state index in [2.05, 4.69) is 11.4 Å². The molecule has 2 aliphatic rings. The van der Waals surface area contributed by atoms with E-state index in [9.17, 15) is 0 Å². The molecule has 1 N–H and O–H groups in total. The number of hydrogen-bond acceptors (Lipinski definition) is 2. The predicted molar refractivity (Wildman–Crippen MR) is 46.2 cm³/mol. The van der Waals surface area contributed by atoms with Crippen LogP contribution in [0.2, 0.25) is 0 Å². The zero-order valence-corrected chi connectivity index (χ0v) is 7.10. The topological polar surface area (TPSA) is 25.2 Å². The fourth-order valence-electron chi connectivity index (χ4n) is 2.64. The van der Waals surface area contributed by atoms with Gasteiger partial charge in [0.2, 0.25) is 0 Å². The predicted octanol–water partition coefficient (Wildman–Crippen LogP) is 1.46. The van der Waals surface area contributed by atoms with Crippen molar-refractivity contribution in [3.05, 3.63) is 23.7 Å². The zero-order chi connectivity index (χ0) is 8.02. The summed E-state index contributed by atoms with van der Waals surface area (Å²) in [6.07, 6.45) is 5.60. The molecule has 3 rings (SSSR count). The normalized spacial score (nSPS) is 33.0. The Bertz CT molecular complexity index is 297. The maximum absolute atomic E-state index is 5.57. The van der Waals surface area contributed by atoms with Crippen LogP contribution in [0.4, 0.5) is 0 Å². The van der Waals surface area contributed by atoms with Gasteiger partial charge in [-0.25, -0.2) is 0 Å². The minimum Gasteiger partial charge on any atom is -0.468 e. The van der Waals surface area contributed by atoms with Crippen LogP contribution in [0.5, 0.6) is 0 Å². The highest BCUT2D eigenvalue weighted by Gasteiger charge is 2.43. The van der Waals surface area contributed by atoms with E-state index in [1.165, 1.54) is 30.6 Å². The fourth-order valence-corrected chi connectivity index (χ4v) is 2.64. The first-order valence-corrected chi connectivity index (χ1v) is 4.68. The first-order valence-electron chi connectivity index (χ1n) is 4.68. The molecule has 0 radical (unpaired) electrons. The summed E-state index contributed by atoms with van der Waals surface area (Å²) in [5.74, 6) is 1.27. The molecular formula is C10H13NO. The van der Waals surface area contributed by atoms with E-state index < -0.39 is 0 Å². The van der Waals surface area contributed by atoms with Crippen LogP contribution < -0.4 is 5.32 Å². The lowest BCUT2D eigenvalue weighted by Crippen LogP contribution is -2.25. The first-order chi connectivity index (χ1) is 5.91. The summed E-state index contributed by atoms with van der Waals surface area (Å²) >= 11 is 0. The minimum atomic E-state index is 0.374. The molecule has 1 unspecified atom stereocenters. The highest BCUT2D eigenvalue weighted by molar-refractivity contribution is 5.33. The van der Waals surface area contributed by atoms with Crippen molar-refractivity contribution in [2.24, 2.45) is 0 Å². The van der Waals surface area contributed by atoms with Gasteiger partial charge in [-0.2, -0.15) is 0 Å². The van der Waals surface area contributed by atoms with E-state index >= 15 is 0 Å². The van der Waals surface area contributed by atoms with Crippen LogP contribution in [0.25, 0.3) is 0 Å². The number of fused-ring (bicyclic) bond motifs is 2. The maximum atomic E-state index is 5.57. The summed E-state index contributed by atoms with van der Waals surface area (Å²) in [5, 5.41) is 3.43. The van der Waals surface area contributed by atoms with Crippen molar-refractivity contribution in [1.29, 1.82) is 0 Å². The van der Waals surface area contributed by atoms with Crippen molar-refractivity contribution < 1.29 is 4.42 Å². The Kier molecular flexibility index (Phi) is 1.20. The van der Waals surface area contributed by atoms with Crippen molar-refractivity contribution in [1.82, 2.24) is 5.32 Å². The largest absolute Gasteiger partial charge is 0.468 e. The van der Waals surface area contributed by atoms with Crippen LogP contribution in [-0.2, 0) is 11.8 Å². The molecule has 0 aromatic carbocycles. The Labute approximate surface area is 72.0 Å². The van der Waals surface area contributed by atoms with Crippen molar-refractivity contribution in [2.45, 2.75) is 24.7 Å². The molecule has 1 atom stereocenters. The number of furan rings is 1. The Morgan fingerprint density at radius 3 is 3.25 bits per heavy atom. The Morgan fingerprint density at radius 2 is 2.42 bits per heavy atom. The van der Waals surface area contributed by atoms with E-state index in [0.29, 0.717) is 5.41 Å². The molecule has 0 amide bonds. The SMILES string of the molecule is c1cc2c(o1)C1(CCNC1)CC2. The van der Waals surface area contributed by atoms with Crippen LogP contribution in [0.1, 0.15) is 24.2 Å². The van der Waals surface area contributed by atoms with Gasteiger partial charge in [0.15, 0.2) is 0 Å². The van der Waals surface area contributed by atoms with Crippen molar-refractivity contribution in [3.63, 3.8) is 0 Å². The van der Waals surface area contributed by atoms with Gasteiger partial charge < -0.3 is 9.73 Å². The lowest BCUT2D eigenvalue weighted by atomic mass is 9.85. The van der Waals surface area contributed by atoms with Crippen molar-refractivity contribution >= 4 is 0 Å². The third-order valence-corrected chi connectivity index (χ3v) is 3.35. The fraction of sp³-hybridized carbons (Fsp3) is 0.600. The molecule has 0 saturated carbocycles. The second-order valence-electron chi connectivity index (χ2n) is 3.98. The van der Waals surface area contributed by atoms with Crippen LogP contribution in [0.3, 0.4) is 0 Å². The molecular weight excluding hydrogens is 150 g/mol. The summed E-state index contributed by atoms with van der Waals surface area (Å²) < 4.78 is 5.57. The molecule has 1 fully saturated rings. The molecule has 1 aromatic rings. The molecule has 1 spiro atoms. The number of hydrogen-bond donors (Lipinski definition) is 1. The van der Waals surface area contributed by atoms with E-state index in [1.54, 1.807) is 0 Å². The van der Waals surface area contributed by atoms with Crippen LogP contribution in [0.15, 0.2) is 16.7 Å². The Hall–Kier alpha value is -0.760. The van der Waals surface area contributed by atoms with Crippen LogP contribution in [-0.4, -0.2) is 13.1 Å². The van der Waals surface area contributed by atoms with E-state index in [-0.39, 0.29) is 0 Å². The standard InChI is InChI=1S/C10H13NO/c1-3-10(4-5-11-7-10)9-8(1)2-6-12-9/h2,6,11H,1,3-5,7H2. The smallest absolute Gasteiger partial charge is 0.114 e. The molecule has 12 heavy (non-hydrogen) atoms. The average Bonchev–Trinajstić information content (AvgIpc) is 2.76. The summed E-state index contributed by atoms with van der Waals surface area (Å²) in [4.78, 5) is 0. The summed E-state index contributed by atoms with van der Waals surface area (Å²) in [6, 6.07) is 2.13. The summed E-state index contributed by atoms with van der Waals surface area (Å²) in [5.41, 5.74) is 1.82. The van der Waals surface area contributed by atoms with Gasteiger partial charge in [-0.3, -0.25) is 0 Å². The Balaban J connectivity index is 2.09. The molecule has 64 valence electrons. The van der Waals surface area contributed by atoms with Gasteiger partial charge in [0.25, 0.3) is 0 Å². The first kappa shape index (κ1) is 6.72.